The topological polar surface area (TPSA) is 39.6 Å². The fourth-order valence-electron chi connectivity index (χ4n) is 2.77. The van der Waals surface area contributed by atoms with Gasteiger partial charge in [-0.05, 0) is 33.3 Å². The van der Waals surface area contributed by atoms with Crippen LogP contribution in [-0.2, 0) is 0 Å². The van der Waals surface area contributed by atoms with Crippen molar-refractivity contribution >= 4 is 5.82 Å². The number of hydrogen-bond acceptors (Lipinski definition) is 4. The highest BCUT2D eigenvalue weighted by molar-refractivity contribution is 5.42. The minimum atomic E-state index is -0.394. The highest BCUT2D eigenvalue weighted by Gasteiger charge is 2.20. The van der Waals surface area contributed by atoms with E-state index in [4.69, 9.17) is 0 Å². The van der Waals surface area contributed by atoms with Gasteiger partial charge in [0.25, 0.3) is 0 Å². The van der Waals surface area contributed by atoms with Crippen LogP contribution < -0.4 is 4.90 Å². The first-order chi connectivity index (χ1) is 9.52. The van der Waals surface area contributed by atoms with Crippen molar-refractivity contribution in [3.8, 4) is 0 Å². The van der Waals surface area contributed by atoms with Gasteiger partial charge in [-0.2, -0.15) is 0 Å². The van der Waals surface area contributed by atoms with Gasteiger partial charge in [0, 0.05) is 43.5 Å². The Morgan fingerprint density at radius 3 is 2.35 bits per heavy atom. The minimum absolute atomic E-state index is 0.394. The van der Waals surface area contributed by atoms with Gasteiger partial charge in [-0.15, -0.1) is 0 Å². The predicted octanol–water partition coefficient (Wildman–Crippen LogP) is 2.36. The molecule has 0 unspecified atom stereocenters. The number of aliphatic hydroxyl groups excluding tert-OH is 1. The lowest BCUT2D eigenvalue weighted by Gasteiger charge is -2.37. The molecule has 1 aliphatic heterocycles. The van der Waals surface area contributed by atoms with Crippen LogP contribution in [0.5, 0.6) is 0 Å². The summed E-state index contributed by atoms with van der Waals surface area (Å²) in [5.74, 6) is 1.04. The molecule has 2 heterocycles. The molecule has 0 radical (unpaired) electrons. The van der Waals surface area contributed by atoms with E-state index >= 15 is 0 Å². The number of aryl methyl sites for hydroxylation is 1. The fourth-order valence-corrected chi connectivity index (χ4v) is 2.77. The van der Waals surface area contributed by atoms with Crippen molar-refractivity contribution < 1.29 is 5.11 Å². The molecule has 1 N–H and O–H groups in total. The monoisotopic (exact) mass is 277 g/mol. The summed E-state index contributed by atoms with van der Waals surface area (Å²) >= 11 is 0. The van der Waals surface area contributed by atoms with Crippen LogP contribution in [0.3, 0.4) is 0 Å². The predicted molar refractivity (Wildman–Crippen MR) is 83.1 cm³/mol. The number of hydrogen-bond donors (Lipinski definition) is 1. The minimum Gasteiger partial charge on any atom is -0.388 e. The number of aromatic nitrogens is 1. The van der Waals surface area contributed by atoms with E-state index in [0.29, 0.717) is 6.04 Å². The molecular weight excluding hydrogens is 250 g/mol. The van der Waals surface area contributed by atoms with E-state index in [-0.39, 0.29) is 0 Å². The van der Waals surface area contributed by atoms with E-state index in [1.807, 2.05) is 26.0 Å². The molecule has 1 aromatic heterocycles. The molecule has 1 atom stereocenters. The first-order valence-electron chi connectivity index (χ1n) is 7.67. The lowest BCUT2D eigenvalue weighted by Crippen LogP contribution is -2.49. The van der Waals surface area contributed by atoms with E-state index in [1.54, 1.807) is 0 Å². The smallest absolute Gasteiger partial charge is 0.128 e. The Kier molecular flexibility index (Phi) is 5.00. The van der Waals surface area contributed by atoms with Crippen LogP contribution in [0.1, 0.15) is 44.6 Å². The maximum absolute atomic E-state index is 9.95. The summed E-state index contributed by atoms with van der Waals surface area (Å²) in [6.07, 6.45) is 0.337. The molecule has 2 rings (SSSR count). The molecule has 20 heavy (non-hydrogen) atoms. The van der Waals surface area contributed by atoms with E-state index < -0.39 is 6.10 Å². The number of aliphatic hydroxyl groups is 1. The van der Waals surface area contributed by atoms with Crippen molar-refractivity contribution in [3.63, 3.8) is 0 Å². The third-order valence-electron chi connectivity index (χ3n) is 4.23. The van der Waals surface area contributed by atoms with Crippen LogP contribution >= 0.6 is 0 Å². The zero-order chi connectivity index (χ0) is 14.7. The first-order valence-corrected chi connectivity index (χ1v) is 7.67. The Morgan fingerprint density at radius 1 is 1.20 bits per heavy atom. The van der Waals surface area contributed by atoms with Crippen LogP contribution in [0.25, 0.3) is 0 Å². The highest BCUT2D eigenvalue weighted by Crippen LogP contribution is 2.23. The summed E-state index contributed by atoms with van der Waals surface area (Å²) in [7, 11) is 0. The van der Waals surface area contributed by atoms with Crippen molar-refractivity contribution in [1.82, 2.24) is 9.88 Å². The Balaban J connectivity index is 2.06. The van der Waals surface area contributed by atoms with Crippen molar-refractivity contribution in [2.24, 2.45) is 0 Å². The second-order valence-electron chi connectivity index (χ2n) is 5.88. The molecule has 0 saturated carbocycles. The summed E-state index contributed by atoms with van der Waals surface area (Å²) in [6.45, 7) is 12.7. The standard InChI is InChI=1S/C16H27N3O/c1-5-15(20)14-6-7-16(17-13(14)4)19-10-8-18(9-11-19)12(2)3/h6-7,12,15,20H,5,8-11H2,1-4H3/t15-/m0/s1. The molecule has 0 amide bonds. The normalized spacial score (nSPS) is 18.6. The summed E-state index contributed by atoms with van der Waals surface area (Å²) in [5, 5.41) is 9.95. The maximum Gasteiger partial charge on any atom is 0.128 e. The van der Waals surface area contributed by atoms with Gasteiger partial charge >= 0.3 is 0 Å². The molecule has 0 bridgehead atoms. The number of anilines is 1. The van der Waals surface area contributed by atoms with E-state index in [0.717, 1.165) is 49.7 Å². The van der Waals surface area contributed by atoms with Gasteiger partial charge in [0.2, 0.25) is 0 Å². The molecule has 1 aliphatic rings. The van der Waals surface area contributed by atoms with Gasteiger partial charge in [-0.1, -0.05) is 13.0 Å². The summed E-state index contributed by atoms with van der Waals surface area (Å²) in [5.41, 5.74) is 1.90. The Labute approximate surface area is 122 Å². The van der Waals surface area contributed by atoms with Crippen molar-refractivity contribution in [2.45, 2.75) is 46.3 Å². The Bertz CT molecular complexity index is 439. The third-order valence-corrected chi connectivity index (χ3v) is 4.23. The number of nitrogens with zero attached hydrogens (tertiary/aromatic N) is 3. The summed E-state index contributed by atoms with van der Waals surface area (Å²) in [4.78, 5) is 9.52. The molecule has 4 nitrogen and oxygen atoms in total. The number of piperazine rings is 1. The zero-order valence-electron chi connectivity index (χ0n) is 13.1. The van der Waals surface area contributed by atoms with Crippen LogP contribution in [-0.4, -0.2) is 47.2 Å². The molecule has 0 spiro atoms. The number of rotatable bonds is 4. The molecule has 4 heteroatoms. The van der Waals surface area contributed by atoms with Crippen LogP contribution in [0.15, 0.2) is 12.1 Å². The van der Waals surface area contributed by atoms with Gasteiger partial charge < -0.3 is 10.0 Å². The van der Waals surface area contributed by atoms with E-state index in [9.17, 15) is 5.11 Å². The fraction of sp³-hybridized carbons (Fsp3) is 0.688. The molecular formula is C16H27N3O. The van der Waals surface area contributed by atoms with E-state index in [2.05, 4.69) is 28.6 Å². The molecule has 1 saturated heterocycles. The molecule has 1 fully saturated rings. The Hall–Kier alpha value is -1.13. The van der Waals surface area contributed by atoms with Crippen LogP contribution in [0.2, 0.25) is 0 Å². The molecule has 1 aromatic rings. The van der Waals surface area contributed by atoms with Crippen LogP contribution in [0.4, 0.5) is 5.82 Å². The quantitative estimate of drug-likeness (QED) is 0.917. The summed E-state index contributed by atoms with van der Waals surface area (Å²) in [6, 6.07) is 4.70. The second kappa shape index (κ2) is 6.55. The molecule has 0 aromatic carbocycles. The second-order valence-corrected chi connectivity index (χ2v) is 5.88. The maximum atomic E-state index is 9.95. The third kappa shape index (κ3) is 3.30. The van der Waals surface area contributed by atoms with Gasteiger partial charge in [-0.3, -0.25) is 4.90 Å². The lowest BCUT2D eigenvalue weighted by atomic mass is 10.1. The largest absolute Gasteiger partial charge is 0.388 e. The zero-order valence-corrected chi connectivity index (χ0v) is 13.1. The lowest BCUT2D eigenvalue weighted by molar-refractivity contribution is 0.172. The number of pyridine rings is 1. The van der Waals surface area contributed by atoms with Crippen molar-refractivity contribution in [1.29, 1.82) is 0 Å². The molecule has 0 aliphatic carbocycles. The summed E-state index contributed by atoms with van der Waals surface area (Å²) < 4.78 is 0. The van der Waals surface area contributed by atoms with Gasteiger partial charge in [0.1, 0.15) is 5.82 Å². The average Bonchev–Trinajstić information content (AvgIpc) is 2.46. The van der Waals surface area contributed by atoms with Crippen LogP contribution in [0, 0.1) is 6.92 Å². The SMILES string of the molecule is CC[C@H](O)c1ccc(N2CCN(C(C)C)CC2)nc1C. The van der Waals surface area contributed by atoms with Crippen molar-refractivity contribution in [3.05, 3.63) is 23.4 Å². The Morgan fingerprint density at radius 2 is 1.85 bits per heavy atom. The highest BCUT2D eigenvalue weighted by atomic mass is 16.3. The first kappa shape index (κ1) is 15.3. The van der Waals surface area contributed by atoms with E-state index in [1.165, 1.54) is 0 Å². The van der Waals surface area contributed by atoms with Crippen molar-refractivity contribution in [2.75, 3.05) is 31.1 Å². The molecule has 112 valence electrons. The van der Waals surface area contributed by atoms with Gasteiger partial charge in [0.05, 0.1) is 6.10 Å². The average molecular weight is 277 g/mol. The van der Waals surface area contributed by atoms with Gasteiger partial charge in [-0.25, -0.2) is 4.98 Å². The van der Waals surface area contributed by atoms with Gasteiger partial charge in [0.15, 0.2) is 0 Å².